The lowest BCUT2D eigenvalue weighted by Crippen LogP contribution is -2.20. The summed E-state index contributed by atoms with van der Waals surface area (Å²) in [6, 6.07) is 20.9. The highest BCUT2D eigenvalue weighted by Crippen LogP contribution is 2.22. The normalized spacial score (nSPS) is 10.9. The molecule has 4 aromatic rings. The predicted octanol–water partition coefficient (Wildman–Crippen LogP) is 5.52. The predicted molar refractivity (Wildman–Crippen MR) is 120 cm³/mol. The summed E-state index contributed by atoms with van der Waals surface area (Å²) >= 11 is 6.01. The Morgan fingerprint density at radius 3 is 2.73 bits per heavy atom. The van der Waals surface area contributed by atoms with Crippen molar-refractivity contribution in [3.63, 3.8) is 0 Å². The maximum absolute atomic E-state index is 12.7. The van der Waals surface area contributed by atoms with Gasteiger partial charge in [0.2, 0.25) is 5.91 Å². The second kappa shape index (κ2) is 8.59. The molecule has 1 amide bonds. The molecule has 30 heavy (non-hydrogen) atoms. The van der Waals surface area contributed by atoms with Crippen LogP contribution in [0.5, 0.6) is 5.75 Å². The van der Waals surface area contributed by atoms with E-state index in [1.807, 2.05) is 54.8 Å². The number of hydrogen-bond donors (Lipinski definition) is 1. The van der Waals surface area contributed by atoms with Crippen LogP contribution in [0.1, 0.15) is 17.0 Å². The molecular formula is C24H22ClN3O2. The molecule has 3 aromatic carbocycles. The molecule has 0 saturated carbocycles. The van der Waals surface area contributed by atoms with Crippen molar-refractivity contribution in [3.8, 4) is 5.75 Å². The minimum Gasteiger partial charge on any atom is -0.485 e. The first-order valence-electron chi connectivity index (χ1n) is 9.69. The molecule has 5 nitrogen and oxygen atoms in total. The number of carbonyl (C=O) groups is 1. The van der Waals surface area contributed by atoms with Crippen LogP contribution in [0.2, 0.25) is 5.02 Å². The Labute approximate surface area is 180 Å². The third-order valence-corrected chi connectivity index (χ3v) is 5.08. The van der Waals surface area contributed by atoms with E-state index >= 15 is 0 Å². The molecule has 0 fully saturated rings. The molecule has 1 aromatic heterocycles. The number of amides is 1. The fraction of sp³-hybridized carbons (Fsp3) is 0.167. The van der Waals surface area contributed by atoms with Gasteiger partial charge in [-0.1, -0.05) is 41.9 Å². The zero-order chi connectivity index (χ0) is 21.1. The van der Waals surface area contributed by atoms with Gasteiger partial charge in [0, 0.05) is 10.7 Å². The third-order valence-electron chi connectivity index (χ3n) is 4.84. The Bertz CT molecular complexity index is 1220. The molecular weight excluding hydrogens is 398 g/mol. The summed E-state index contributed by atoms with van der Waals surface area (Å²) in [5, 5.41) is 3.46. The topological polar surface area (TPSA) is 56.2 Å². The number of aryl methyl sites for hydroxylation is 2. The number of anilines is 1. The lowest BCUT2D eigenvalue weighted by atomic mass is 10.1. The first-order chi connectivity index (χ1) is 14.5. The fourth-order valence-electron chi connectivity index (χ4n) is 3.33. The zero-order valence-corrected chi connectivity index (χ0v) is 17.6. The highest BCUT2D eigenvalue weighted by molar-refractivity contribution is 6.30. The monoisotopic (exact) mass is 419 g/mol. The van der Waals surface area contributed by atoms with Gasteiger partial charge in [-0.15, -0.1) is 0 Å². The van der Waals surface area contributed by atoms with Crippen molar-refractivity contribution in [2.75, 3.05) is 5.32 Å². The largest absolute Gasteiger partial charge is 0.485 e. The molecule has 0 spiro atoms. The molecule has 4 rings (SSSR count). The van der Waals surface area contributed by atoms with E-state index in [0.29, 0.717) is 16.5 Å². The van der Waals surface area contributed by atoms with Gasteiger partial charge in [0.15, 0.2) is 0 Å². The van der Waals surface area contributed by atoms with Crippen LogP contribution < -0.4 is 10.1 Å². The van der Waals surface area contributed by atoms with Crippen LogP contribution in [0, 0.1) is 13.8 Å². The third kappa shape index (κ3) is 4.47. The van der Waals surface area contributed by atoms with Crippen LogP contribution in [0.15, 0.2) is 66.7 Å². The Kier molecular flexibility index (Phi) is 5.72. The summed E-state index contributed by atoms with van der Waals surface area (Å²) in [7, 11) is 0. The van der Waals surface area contributed by atoms with Crippen LogP contribution in [0.3, 0.4) is 0 Å². The van der Waals surface area contributed by atoms with Crippen molar-refractivity contribution in [3.05, 3.63) is 88.7 Å². The number of rotatable bonds is 6. The molecule has 0 aliphatic rings. The lowest BCUT2D eigenvalue weighted by molar-refractivity contribution is -0.116. The number of nitrogens with one attached hydrogen (secondary N) is 1. The maximum Gasteiger partial charge on any atom is 0.244 e. The molecule has 0 atom stereocenters. The molecule has 6 heteroatoms. The fourth-order valence-corrected chi connectivity index (χ4v) is 3.52. The molecule has 1 heterocycles. The quantitative estimate of drug-likeness (QED) is 0.447. The number of hydrogen-bond acceptors (Lipinski definition) is 3. The number of carbonyl (C=O) groups excluding carboxylic acids is 1. The lowest BCUT2D eigenvalue weighted by Gasteiger charge is -2.12. The van der Waals surface area contributed by atoms with E-state index in [-0.39, 0.29) is 19.1 Å². The van der Waals surface area contributed by atoms with Crippen LogP contribution in [0.4, 0.5) is 5.69 Å². The first kappa shape index (κ1) is 20.0. The Hall–Kier alpha value is -3.31. The molecule has 152 valence electrons. The van der Waals surface area contributed by atoms with Crippen molar-refractivity contribution >= 4 is 34.2 Å². The van der Waals surface area contributed by atoms with Crippen molar-refractivity contribution in [2.45, 2.75) is 27.0 Å². The molecule has 0 saturated heterocycles. The standard InChI is InChI=1S/C24H22ClN3O2/c1-16-10-11-17(2)22(12-16)30-15-23-27-20-8-3-4-9-21(20)28(23)14-24(29)26-19-7-5-6-18(25)13-19/h3-13H,14-15H2,1-2H3,(H,26,29). The number of halogens is 1. The molecule has 0 radical (unpaired) electrons. The van der Waals surface area contributed by atoms with Gasteiger partial charge in [-0.05, 0) is 61.4 Å². The van der Waals surface area contributed by atoms with Crippen LogP contribution in [0.25, 0.3) is 11.0 Å². The van der Waals surface area contributed by atoms with Gasteiger partial charge in [0.1, 0.15) is 24.7 Å². The van der Waals surface area contributed by atoms with E-state index < -0.39 is 0 Å². The van der Waals surface area contributed by atoms with Crippen molar-refractivity contribution < 1.29 is 9.53 Å². The summed E-state index contributed by atoms with van der Waals surface area (Å²) in [4.78, 5) is 17.4. The summed E-state index contributed by atoms with van der Waals surface area (Å²) in [6.45, 7) is 4.43. The number of fused-ring (bicyclic) bond motifs is 1. The van der Waals surface area contributed by atoms with E-state index in [9.17, 15) is 4.79 Å². The van der Waals surface area contributed by atoms with Crippen LogP contribution in [-0.4, -0.2) is 15.5 Å². The first-order valence-corrected chi connectivity index (χ1v) is 10.1. The summed E-state index contributed by atoms with van der Waals surface area (Å²) < 4.78 is 7.95. The second-order valence-corrected chi connectivity index (χ2v) is 7.66. The van der Waals surface area contributed by atoms with E-state index in [2.05, 4.69) is 11.4 Å². The van der Waals surface area contributed by atoms with E-state index in [1.54, 1.807) is 24.3 Å². The Morgan fingerprint density at radius 2 is 1.90 bits per heavy atom. The SMILES string of the molecule is Cc1ccc(C)c(OCc2nc3ccccc3n2CC(=O)Nc2cccc(Cl)c2)c1. The van der Waals surface area contributed by atoms with Gasteiger partial charge >= 0.3 is 0 Å². The number of imidazole rings is 1. The van der Waals surface area contributed by atoms with Crippen LogP contribution in [-0.2, 0) is 17.9 Å². The number of para-hydroxylation sites is 2. The Balaban J connectivity index is 1.58. The van der Waals surface area contributed by atoms with E-state index in [0.717, 1.165) is 27.9 Å². The highest BCUT2D eigenvalue weighted by atomic mass is 35.5. The molecule has 0 unspecified atom stereocenters. The minimum atomic E-state index is -0.159. The van der Waals surface area contributed by atoms with Gasteiger partial charge in [-0.25, -0.2) is 4.98 Å². The molecule has 0 aliphatic carbocycles. The highest BCUT2D eigenvalue weighted by Gasteiger charge is 2.15. The van der Waals surface area contributed by atoms with Gasteiger partial charge in [0.05, 0.1) is 11.0 Å². The molecule has 0 bridgehead atoms. The minimum absolute atomic E-state index is 0.124. The summed E-state index contributed by atoms with van der Waals surface area (Å²) in [5.41, 5.74) is 4.56. The zero-order valence-electron chi connectivity index (χ0n) is 16.9. The number of ether oxygens (including phenoxy) is 1. The van der Waals surface area contributed by atoms with Gasteiger partial charge in [-0.3, -0.25) is 4.79 Å². The average molecular weight is 420 g/mol. The number of benzene rings is 3. The molecule has 1 N–H and O–H groups in total. The Morgan fingerprint density at radius 1 is 1.07 bits per heavy atom. The second-order valence-electron chi connectivity index (χ2n) is 7.22. The van der Waals surface area contributed by atoms with Gasteiger partial charge in [-0.2, -0.15) is 0 Å². The summed E-state index contributed by atoms with van der Waals surface area (Å²) in [6.07, 6.45) is 0. The van der Waals surface area contributed by atoms with Crippen LogP contribution >= 0.6 is 11.6 Å². The average Bonchev–Trinajstić information content (AvgIpc) is 3.06. The van der Waals surface area contributed by atoms with E-state index in [4.69, 9.17) is 21.3 Å². The summed E-state index contributed by atoms with van der Waals surface area (Å²) in [5.74, 6) is 1.35. The van der Waals surface area contributed by atoms with Crippen molar-refractivity contribution in [2.24, 2.45) is 0 Å². The number of nitrogens with zero attached hydrogens (tertiary/aromatic N) is 2. The van der Waals surface area contributed by atoms with Crippen molar-refractivity contribution in [1.29, 1.82) is 0 Å². The van der Waals surface area contributed by atoms with E-state index in [1.165, 1.54) is 0 Å². The molecule has 0 aliphatic heterocycles. The van der Waals surface area contributed by atoms with Gasteiger partial charge < -0.3 is 14.6 Å². The van der Waals surface area contributed by atoms with Gasteiger partial charge in [0.25, 0.3) is 0 Å². The number of aromatic nitrogens is 2. The smallest absolute Gasteiger partial charge is 0.244 e. The maximum atomic E-state index is 12.7. The van der Waals surface area contributed by atoms with Crippen molar-refractivity contribution in [1.82, 2.24) is 9.55 Å².